The maximum absolute atomic E-state index is 11.5. The number of thioether (sulfide) groups is 1. The van der Waals surface area contributed by atoms with Gasteiger partial charge in [0.1, 0.15) is 5.82 Å². The Morgan fingerprint density at radius 2 is 1.86 bits per heavy atom. The summed E-state index contributed by atoms with van der Waals surface area (Å²) in [6.07, 6.45) is 3.86. The second-order valence-corrected chi connectivity index (χ2v) is 8.21. The lowest BCUT2D eigenvalue weighted by Gasteiger charge is -2.36. The molecule has 10 heteroatoms. The standard InChI is InChI=1S/C19H35N7OS.HI/c1-6-20-18(25-12-10-24(11-13-25)16(4)27)21-9-7-8-17-22-23-19(28-5)26(17)14-15(2)3;/h15H,6-14H2,1-5H3,(H,20,21);1H. The van der Waals surface area contributed by atoms with E-state index in [1.54, 1.807) is 18.7 Å². The minimum Gasteiger partial charge on any atom is -0.357 e. The third kappa shape index (κ3) is 7.95. The van der Waals surface area contributed by atoms with Crippen molar-refractivity contribution < 1.29 is 4.79 Å². The number of hydrogen-bond acceptors (Lipinski definition) is 5. The average Bonchev–Trinajstić information content (AvgIpc) is 3.05. The number of piperazine rings is 1. The highest BCUT2D eigenvalue weighted by Gasteiger charge is 2.20. The van der Waals surface area contributed by atoms with Crippen LogP contribution in [0.3, 0.4) is 0 Å². The summed E-state index contributed by atoms with van der Waals surface area (Å²) in [5.74, 6) is 2.71. The molecule has 1 aliphatic heterocycles. The van der Waals surface area contributed by atoms with E-state index in [9.17, 15) is 4.79 Å². The van der Waals surface area contributed by atoms with E-state index in [2.05, 4.69) is 45.8 Å². The normalized spacial score (nSPS) is 14.9. The molecule has 0 saturated carbocycles. The summed E-state index contributed by atoms with van der Waals surface area (Å²) in [5.41, 5.74) is 0. The minimum atomic E-state index is 0. The predicted octanol–water partition coefficient (Wildman–Crippen LogP) is 2.34. The van der Waals surface area contributed by atoms with Crippen LogP contribution in [0.2, 0.25) is 0 Å². The average molecular weight is 538 g/mol. The lowest BCUT2D eigenvalue weighted by molar-refractivity contribution is -0.130. The van der Waals surface area contributed by atoms with Crippen LogP contribution in [0, 0.1) is 5.92 Å². The van der Waals surface area contributed by atoms with Gasteiger partial charge in [-0.2, -0.15) is 0 Å². The Morgan fingerprint density at radius 1 is 1.21 bits per heavy atom. The second-order valence-electron chi connectivity index (χ2n) is 7.44. The lowest BCUT2D eigenvalue weighted by atomic mass is 10.2. The summed E-state index contributed by atoms with van der Waals surface area (Å²) in [6.45, 7) is 13.9. The molecule has 1 N–H and O–H groups in total. The van der Waals surface area contributed by atoms with Crippen molar-refractivity contribution in [1.82, 2.24) is 29.9 Å². The molecule has 0 spiro atoms. The van der Waals surface area contributed by atoms with Gasteiger partial charge in [-0.1, -0.05) is 25.6 Å². The minimum absolute atomic E-state index is 0. The van der Waals surface area contributed by atoms with Crippen LogP contribution in [0.1, 0.15) is 39.9 Å². The SMILES string of the molecule is CCNC(=NCCCc1nnc(SC)n1CC(C)C)N1CCN(C(C)=O)CC1.I. The fourth-order valence-corrected chi connectivity index (χ4v) is 3.81. The van der Waals surface area contributed by atoms with Gasteiger partial charge in [0.05, 0.1) is 0 Å². The van der Waals surface area contributed by atoms with Crippen molar-refractivity contribution in [3.8, 4) is 0 Å². The van der Waals surface area contributed by atoms with Gasteiger partial charge in [0, 0.05) is 59.2 Å². The molecule has 0 bridgehead atoms. The topological polar surface area (TPSA) is 78.7 Å². The molecule has 29 heavy (non-hydrogen) atoms. The fraction of sp³-hybridized carbons (Fsp3) is 0.789. The van der Waals surface area contributed by atoms with Crippen LogP contribution >= 0.6 is 35.7 Å². The largest absolute Gasteiger partial charge is 0.357 e. The lowest BCUT2D eigenvalue weighted by Crippen LogP contribution is -2.53. The van der Waals surface area contributed by atoms with Crippen LogP contribution in [0.15, 0.2) is 10.1 Å². The first-order chi connectivity index (χ1) is 13.5. The van der Waals surface area contributed by atoms with Crippen molar-refractivity contribution in [3.63, 3.8) is 0 Å². The van der Waals surface area contributed by atoms with Crippen molar-refractivity contribution in [1.29, 1.82) is 0 Å². The van der Waals surface area contributed by atoms with E-state index in [1.165, 1.54) is 0 Å². The number of nitrogens with one attached hydrogen (secondary N) is 1. The molecule has 0 atom stereocenters. The maximum atomic E-state index is 11.5. The molecule has 1 aromatic heterocycles. The molecule has 166 valence electrons. The molecule has 1 amide bonds. The number of carbonyl (C=O) groups is 1. The van der Waals surface area contributed by atoms with Crippen LogP contribution in [-0.4, -0.2) is 82.0 Å². The smallest absolute Gasteiger partial charge is 0.219 e. The van der Waals surface area contributed by atoms with E-state index in [0.717, 1.165) is 75.6 Å². The predicted molar refractivity (Wildman–Crippen MR) is 130 cm³/mol. The Hall–Kier alpha value is -1.04. The number of aliphatic imine (C=N–C) groups is 1. The van der Waals surface area contributed by atoms with Crippen molar-refractivity contribution >= 4 is 47.6 Å². The van der Waals surface area contributed by atoms with E-state index in [-0.39, 0.29) is 29.9 Å². The molecule has 0 aliphatic carbocycles. The number of guanidine groups is 1. The van der Waals surface area contributed by atoms with E-state index >= 15 is 0 Å². The summed E-state index contributed by atoms with van der Waals surface area (Å²) in [4.78, 5) is 20.5. The summed E-state index contributed by atoms with van der Waals surface area (Å²) in [6, 6.07) is 0. The molecule has 1 aromatic rings. The third-order valence-corrected chi connectivity index (χ3v) is 5.37. The Morgan fingerprint density at radius 3 is 2.41 bits per heavy atom. The Balaban J connectivity index is 0.00000420. The van der Waals surface area contributed by atoms with Crippen LogP contribution in [0.4, 0.5) is 0 Å². The van der Waals surface area contributed by atoms with Crippen molar-refractivity contribution in [3.05, 3.63) is 5.82 Å². The highest BCUT2D eigenvalue weighted by atomic mass is 127. The van der Waals surface area contributed by atoms with Gasteiger partial charge in [0.15, 0.2) is 11.1 Å². The number of aromatic nitrogens is 3. The van der Waals surface area contributed by atoms with Gasteiger partial charge in [-0.05, 0) is 25.5 Å². The molecule has 1 aliphatic rings. The zero-order chi connectivity index (χ0) is 20.5. The van der Waals surface area contributed by atoms with Gasteiger partial charge < -0.3 is 19.7 Å². The van der Waals surface area contributed by atoms with E-state index in [0.29, 0.717) is 5.92 Å². The number of carbonyl (C=O) groups excluding carboxylic acids is 1. The first kappa shape index (κ1) is 26.0. The Labute approximate surface area is 196 Å². The summed E-state index contributed by atoms with van der Waals surface area (Å²) < 4.78 is 2.24. The van der Waals surface area contributed by atoms with Gasteiger partial charge >= 0.3 is 0 Å². The highest BCUT2D eigenvalue weighted by molar-refractivity contribution is 14.0. The van der Waals surface area contributed by atoms with Gasteiger partial charge in [-0.3, -0.25) is 9.79 Å². The molecular weight excluding hydrogens is 501 g/mol. The summed E-state index contributed by atoms with van der Waals surface area (Å²) in [7, 11) is 0. The molecule has 0 radical (unpaired) electrons. The maximum Gasteiger partial charge on any atom is 0.219 e. The Kier molecular flexibility index (Phi) is 11.9. The van der Waals surface area contributed by atoms with Crippen LogP contribution in [0.5, 0.6) is 0 Å². The van der Waals surface area contributed by atoms with E-state index < -0.39 is 0 Å². The van der Waals surface area contributed by atoms with Gasteiger partial charge in [-0.15, -0.1) is 34.2 Å². The number of nitrogens with zero attached hydrogens (tertiary/aromatic N) is 6. The first-order valence-electron chi connectivity index (χ1n) is 10.2. The van der Waals surface area contributed by atoms with Gasteiger partial charge in [0.2, 0.25) is 5.91 Å². The first-order valence-corrected chi connectivity index (χ1v) is 11.4. The monoisotopic (exact) mass is 537 g/mol. The van der Waals surface area contributed by atoms with E-state index in [1.807, 2.05) is 11.2 Å². The van der Waals surface area contributed by atoms with Crippen molar-refractivity contribution in [2.75, 3.05) is 45.5 Å². The number of amides is 1. The van der Waals surface area contributed by atoms with Gasteiger partial charge in [-0.25, -0.2) is 0 Å². The van der Waals surface area contributed by atoms with Crippen LogP contribution in [-0.2, 0) is 17.8 Å². The van der Waals surface area contributed by atoms with E-state index in [4.69, 9.17) is 4.99 Å². The van der Waals surface area contributed by atoms with Crippen LogP contribution < -0.4 is 5.32 Å². The zero-order valence-corrected chi connectivity index (χ0v) is 21.5. The molecule has 1 fully saturated rings. The zero-order valence-electron chi connectivity index (χ0n) is 18.3. The molecule has 0 aromatic carbocycles. The number of aryl methyl sites for hydroxylation is 1. The number of halogens is 1. The highest BCUT2D eigenvalue weighted by Crippen LogP contribution is 2.16. The molecular formula is C19H36IN7OS. The van der Waals surface area contributed by atoms with Gasteiger partial charge in [0.25, 0.3) is 0 Å². The molecule has 2 heterocycles. The summed E-state index contributed by atoms with van der Waals surface area (Å²) in [5, 5.41) is 13.1. The summed E-state index contributed by atoms with van der Waals surface area (Å²) >= 11 is 1.65. The second kappa shape index (κ2) is 13.3. The number of hydrogen-bond donors (Lipinski definition) is 1. The molecule has 0 unspecified atom stereocenters. The molecule has 1 saturated heterocycles. The quantitative estimate of drug-likeness (QED) is 0.180. The van der Waals surface area contributed by atoms with Crippen molar-refractivity contribution in [2.45, 2.75) is 52.2 Å². The fourth-order valence-electron chi connectivity index (χ4n) is 3.28. The Bertz CT molecular complexity index is 657. The third-order valence-electron chi connectivity index (χ3n) is 4.70. The van der Waals surface area contributed by atoms with Crippen molar-refractivity contribution in [2.24, 2.45) is 10.9 Å². The number of rotatable bonds is 8. The molecule has 8 nitrogen and oxygen atoms in total. The molecule has 2 rings (SSSR count). The van der Waals surface area contributed by atoms with Crippen LogP contribution in [0.25, 0.3) is 0 Å².